The first-order chi connectivity index (χ1) is 16.5. The van der Waals surface area contributed by atoms with Gasteiger partial charge in [0.25, 0.3) is 5.91 Å². The number of anilines is 1. The first kappa shape index (κ1) is 27.9. The molecule has 1 aromatic heterocycles. The van der Waals surface area contributed by atoms with E-state index < -0.39 is 30.6 Å². The third kappa shape index (κ3) is 6.94. The number of ether oxygens (including phenoxy) is 1. The Kier molecular flexibility index (Phi) is 8.61. The van der Waals surface area contributed by atoms with Gasteiger partial charge in [0.1, 0.15) is 5.75 Å². The van der Waals surface area contributed by atoms with Crippen molar-refractivity contribution in [3.05, 3.63) is 53.0 Å². The summed E-state index contributed by atoms with van der Waals surface area (Å²) in [5, 5.41) is 13.4. The minimum absolute atomic E-state index is 0. The van der Waals surface area contributed by atoms with Crippen LogP contribution in [0.1, 0.15) is 35.2 Å². The Morgan fingerprint density at radius 3 is 2.44 bits per heavy atom. The number of hydrogen-bond donors (Lipinski definition) is 2. The molecule has 0 radical (unpaired) electrons. The Labute approximate surface area is 217 Å². The average Bonchev–Trinajstić information content (AvgIpc) is 3.51. The molecule has 1 aromatic carbocycles. The fourth-order valence-corrected chi connectivity index (χ4v) is 3.80. The van der Waals surface area contributed by atoms with Crippen LogP contribution in [-0.4, -0.2) is 52.9 Å². The van der Waals surface area contributed by atoms with Crippen LogP contribution in [0.2, 0.25) is 0 Å². The quantitative estimate of drug-likeness (QED) is 0.225. The molecule has 2 aromatic rings. The summed E-state index contributed by atoms with van der Waals surface area (Å²) in [4.78, 5) is 17.8. The number of amides is 1. The number of pyridine rings is 1. The van der Waals surface area contributed by atoms with E-state index in [-0.39, 0.29) is 38.2 Å². The Balaban J connectivity index is 0.000000208. The number of nitrogen functional groups attached to an aromatic ring is 1. The summed E-state index contributed by atoms with van der Waals surface area (Å²) in [6, 6.07) is 5.13. The van der Waals surface area contributed by atoms with Crippen molar-refractivity contribution >= 4 is 28.7 Å². The molecule has 0 saturated carbocycles. The number of rotatable bonds is 4. The molecule has 1 unspecified atom stereocenters. The largest absolute Gasteiger partial charge is 0.573 e. The second kappa shape index (κ2) is 11.1. The van der Waals surface area contributed by atoms with Crippen molar-refractivity contribution < 1.29 is 57.7 Å². The van der Waals surface area contributed by atoms with Gasteiger partial charge in [-0.3, -0.25) is 4.79 Å². The summed E-state index contributed by atoms with van der Waals surface area (Å²) >= 11 is 0. The molecular formula is C23H22F5N4O3W-. The predicted molar refractivity (Wildman–Crippen MR) is 118 cm³/mol. The van der Waals surface area contributed by atoms with Crippen molar-refractivity contribution in [2.75, 3.05) is 18.8 Å². The van der Waals surface area contributed by atoms with Gasteiger partial charge in [0, 0.05) is 51.8 Å². The Morgan fingerprint density at radius 2 is 1.89 bits per heavy atom. The van der Waals surface area contributed by atoms with Gasteiger partial charge in [-0.2, -0.15) is 0 Å². The van der Waals surface area contributed by atoms with Crippen LogP contribution in [0.15, 0.2) is 36.5 Å². The first-order valence-corrected chi connectivity index (χ1v) is 10.8. The van der Waals surface area contributed by atoms with Crippen LogP contribution in [0.4, 0.5) is 39.1 Å². The molecule has 1 fully saturated rings. The number of nitrogens with zero attached hydrogens (tertiary/aromatic N) is 3. The molecule has 2 aliphatic heterocycles. The van der Waals surface area contributed by atoms with E-state index in [1.165, 1.54) is 11.0 Å². The number of nitrogens with two attached hydrogens (primary N) is 1. The number of halogens is 5. The Hall–Kier alpha value is -2.72. The summed E-state index contributed by atoms with van der Waals surface area (Å²) in [5.41, 5.74) is 8.47. The van der Waals surface area contributed by atoms with Gasteiger partial charge < -0.3 is 30.8 Å². The van der Waals surface area contributed by atoms with Crippen molar-refractivity contribution in [3.63, 3.8) is 0 Å². The van der Waals surface area contributed by atoms with Crippen molar-refractivity contribution in [1.29, 1.82) is 0 Å². The molecule has 1 saturated heterocycles. The summed E-state index contributed by atoms with van der Waals surface area (Å²) in [6.07, 6.45) is -2.74. The van der Waals surface area contributed by atoms with Gasteiger partial charge in [0.15, 0.2) is 0 Å². The fraction of sp³-hybridized carbons (Fsp3) is 0.391. The Bertz CT molecular complexity index is 1140. The zero-order valence-electron chi connectivity index (χ0n) is 18.7. The third-order valence-electron chi connectivity index (χ3n) is 5.83. The van der Waals surface area contributed by atoms with Gasteiger partial charge >= 0.3 is 6.36 Å². The second-order valence-electron chi connectivity index (χ2n) is 8.39. The number of aromatic nitrogens is 1. The molecule has 1 atom stereocenters. The number of aliphatic hydroxyl groups excluding tert-OH is 1. The minimum atomic E-state index is -4.80. The molecule has 3 aliphatic rings. The van der Waals surface area contributed by atoms with Crippen LogP contribution in [0.3, 0.4) is 0 Å². The number of carbonyl (C=O) groups excluding carboxylic acids is 1. The second-order valence-corrected chi connectivity index (χ2v) is 8.39. The van der Waals surface area contributed by atoms with Gasteiger partial charge in [-0.05, 0) is 48.2 Å². The molecule has 0 spiro atoms. The predicted octanol–water partition coefficient (Wildman–Crippen LogP) is 5.16. The summed E-state index contributed by atoms with van der Waals surface area (Å²) < 4.78 is 64.4. The number of benzene rings is 1. The van der Waals surface area contributed by atoms with Crippen molar-refractivity contribution in [3.8, 4) is 5.75 Å². The zero-order chi connectivity index (χ0) is 25.3. The fourth-order valence-electron chi connectivity index (χ4n) is 3.80. The molecule has 194 valence electrons. The van der Waals surface area contributed by atoms with Crippen LogP contribution in [0.5, 0.6) is 5.75 Å². The third-order valence-corrected chi connectivity index (χ3v) is 5.83. The van der Waals surface area contributed by atoms with Gasteiger partial charge in [0.2, 0.25) is 6.43 Å². The maximum Gasteiger partial charge on any atom is 0.573 e. The topological polar surface area (TPSA) is 103 Å². The van der Waals surface area contributed by atoms with E-state index in [4.69, 9.17) is 5.73 Å². The van der Waals surface area contributed by atoms with Gasteiger partial charge in [0.05, 0.1) is 11.7 Å². The molecule has 1 amide bonds. The normalized spacial score (nSPS) is 18.5. The number of alkyl halides is 5. The number of allylic oxidation sites excluding steroid dienone is 2. The van der Waals surface area contributed by atoms with Gasteiger partial charge in [-0.15, -0.1) is 13.2 Å². The van der Waals surface area contributed by atoms with Crippen LogP contribution in [0, 0.1) is 5.92 Å². The number of hydrogen-bond acceptors (Lipinski definition) is 5. The van der Waals surface area contributed by atoms with Gasteiger partial charge in [-0.1, -0.05) is 24.2 Å². The van der Waals surface area contributed by atoms with E-state index in [1.807, 2.05) is 6.07 Å². The van der Waals surface area contributed by atoms with Crippen molar-refractivity contribution in [2.45, 2.75) is 38.2 Å². The van der Waals surface area contributed by atoms with E-state index in [0.717, 1.165) is 34.8 Å². The van der Waals surface area contributed by atoms with Crippen LogP contribution < -0.4 is 10.5 Å². The minimum Gasteiger partial charge on any atom is -0.442 e. The standard InChI is InChI=1S/C13H15F3N2O3.C10H7F2N2.W/c14-13(15,16)21-9-1-2-10(11(17)7-9)12(20)18-5-3-8(19)4-6-18;11-9(12)6-1-5(2-6)7-3-8-10(14-8)13-4-7;/h1-2,7-8,19H,3-6,17H2;1,3-4,6,9H,2H2;/q;-1;. The maximum atomic E-state index is 12.2. The van der Waals surface area contributed by atoms with E-state index in [2.05, 4.69) is 15.0 Å². The molecular weight excluding hydrogens is 659 g/mol. The van der Waals surface area contributed by atoms with Gasteiger partial charge in [-0.25, -0.2) is 8.78 Å². The van der Waals surface area contributed by atoms with E-state index in [1.54, 1.807) is 12.3 Å². The Morgan fingerprint density at radius 1 is 1.22 bits per heavy atom. The van der Waals surface area contributed by atoms with Crippen LogP contribution >= 0.6 is 0 Å². The molecule has 36 heavy (non-hydrogen) atoms. The molecule has 5 rings (SSSR count). The molecule has 3 heterocycles. The number of fused-ring (bicyclic) bond motifs is 1. The number of likely N-dealkylation sites (tertiary alicyclic amines) is 1. The zero-order valence-corrected chi connectivity index (χ0v) is 21.6. The SMILES string of the molecule is FC(F)C1C=C(c2cnc3c(c2)[N-]3)C1.Nc1cc(OC(F)(F)F)ccc1C(=O)N1CCC(O)CC1.[W]. The molecule has 13 heteroatoms. The summed E-state index contributed by atoms with van der Waals surface area (Å²) in [6.45, 7) is 0.778. The molecule has 3 N–H and O–H groups in total. The average molecular weight is 681 g/mol. The summed E-state index contributed by atoms with van der Waals surface area (Å²) in [5.74, 6) is -0.617. The summed E-state index contributed by atoms with van der Waals surface area (Å²) in [7, 11) is 0. The smallest absolute Gasteiger partial charge is 0.442 e. The number of carbonyl (C=O) groups is 1. The van der Waals surface area contributed by atoms with Crippen molar-refractivity contribution in [1.82, 2.24) is 9.88 Å². The van der Waals surface area contributed by atoms with E-state index in [9.17, 15) is 31.9 Å². The van der Waals surface area contributed by atoms with Crippen molar-refractivity contribution in [2.24, 2.45) is 5.92 Å². The molecule has 1 aliphatic carbocycles. The van der Waals surface area contributed by atoms with E-state index >= 15 is 0 Å². The maximum absolute atomic E-state index is 12.2. The molecule has 0 bridgehead atoms. The number of aliphatic hydroxyl groups is 1. The first-order valence-electron chi connectivity index (χ1n) is 10.8. The molecule has 7 nitrogen and oxygen atoms in total. The van der Waals surface area contributed by atoms with Crippen LogP contribution in [0.25, 0.3) is 10.9 Å². The van der Waals surface area contributed by atoms with Crippen LogP contribution in [-0.2, 0) is 21.1 Å². The number of piperidine rings is 1. The van der Waals surface area contributed by atoms with E-state index in [0.29, 0.717) is 32.4 Å². The monoisotopic (exact) mass is 681 g/mol.